The topological polar surface area (TPSA) is 72.2 Å². The molecule has 1 atom stereocenters. The molecule has 0 fully saturated rings. The summed E-state index contributed by atoms with van der Waals surface area (Å²) in [6.07, 6.45) is -5.47. The first-order chi connectivity index (χ1) is 8.70. The predicted molar refractivity (Wildman–Crippen MR) is 62.2 cm³/mol. The largest absolute Gasteiger partial charge is 0.471 e. The molecule has 0 heterocycles. The van der Waals surface area contributed by atoms with Crippen molar-refractivity contribution in [2.24, 2.45) is 5.73 Å². The maximum atomic E-state index is 12.2. The molecule has 4 nitrogen and oxygen atoms in total. The highest BCUT2D eigenvalue weighted by Gasteiger charge is 2.40. The lowest BCUT2D eigenvalue weighted by Crippen LogP contribution is -2.40. The summed E-state index contributed by atoms with van der Waals surface area (Å²) in [7, 11) is 0. The maximum Gasteiger partial charge on any atom is 0.471 e. The predicted octanol–water partition coefficient (Wildman–Crippen LogP) is 1.93. The second-order valence-corrected chi connectivity index (χ2v) is 4.18. The molecule has 0 radical (unpaired) electrons. The number of amides is 2. The number of hydrogen-bond donors (Lipinski definition) is 2. The lowest BCUT2D eigenvalue weighted by Gasteiger charge is -2.18. The van der Waals surface area contributed by atoms with Crippen molar-refractivity contribution >= 4 is 23.4 Å². The molecule has 0 aromatic heterocycles. The van der Waals surface area contributed by atoms with E-state index in [9.17, 15) is 22.8 Å². The second kappa shape index (κ2) is 5.92. The number of nitrogens with two attached hydrogens (primary N) is 1. The van der Waals surface area contributed by atoms with Gasteiger partial charge in [-0.3, -0.25) is 9.59 Å². The molecule has 0 aliphatic rings. The molecule has 1 unspecified atom stereocenters. The van der Waals surface area contributed by atoms with Gasteiger partial charge in [0.2, 0.25) is 5.91 Å². The minimum atomic E-state index is -5.03. The Morgan fingerprint density at radius 2 is 1.79 bits per heavy atom. The van der Waals surface area contributed by atoms with Crippen molar-refractivity contribution in [3.8, 4) is 0 Å². The highest BCUT2D eigenvalue weighted by molar-refractivity contribution is 6.30. The van der Waals surface area contributed by atoms with Gasteiger partial charge in [-0.05, 0) is 17.7 Å². The van der Waals surface area contributed by atoms with Crippen LogP contribution < -0.4 is 11.1 Å². The van der Waals surface area contributed by atoms with Crippen molar-refractivity contribution in [3.05, 3.63) is 34.9 Å². The van der Waals surface area contributed by atoms with Crippen LogP contribution in [0.25, 0.3) is 0 Å². The number of rotatable bonds is 4. The van der Waals surface area contributed by atoms with Crippen molar-refractivity contribution in [2.75, 3.05) is 0 Å². The van der Waals surface area contributed by atoms with Gasteiger partial charge in [0.05, 0.1) is 12.5 Å². The highest BCUT2D eigenvalue weighted by Crippen LogP contribution is 2.22. The van der Waals surface area contributed by atoms with Crippen molar-refractivity contribution in [2.45, 2.75) is 18.6 Å². The Bertz CT molecular complexity index is 474. The van der Waals surface area contributed by atoms with Crippen LogP contribution in [0.2, 0.25) is 5.02 Å². The van der Waals surface area contributed by atoms with E-state index in [1.807, 2.05) is 0 Å². The van der Waals surface area contributed by atoms with Crippen molar-refractivity contribution in [1.82, 2.24) is 5.32 Å². The third kappa shape index (κ3) is 4.78. The van der Waals surface area contributed by atoms with E-state index in [-0.39, 0.29) is 0 Å². The van der Waals surface area contributed by atoms with Crippen LogP contribution in [0, 0.1) is 0 Å². The number of nitrogens with one attached hydrogen (secondary N) is 1. The average Bonchev–Trinajstić information content (AvgIpc) is 2.27. The summed E-state index contributed by atoms with van der Waals surface area (Å²) in [5.74, 6) is -2.96. The zero-order chi connectivity index (χ0) is 14.6. The molecule has 104 valence electrons. The van der Waals surface area contributed by atoms with Crippen LogP contribution >= 0.6 is 11.6 Å². The lowest BCUT2D eigenvalue weighted by atomic mass is 10.0. The van der Waals surface area contributed by atoms with Crippen LogP contribution in [0.1, 0.15) is 18.0 Å². The third-order valence-electron chi connectivity index (χ3n) is 2.24. The Morgan fingerprint density at radius 3 is 2.21 bits per heavy atom. The summed E-state index contributed by atoms with van der Waals surface area (Å²) in [6.45, 7) is 0. The van der Waals surface area contributed by atoms with Crippen LogP contribution in [0.15, 0.2) is 24.3 Å². The van der Waals surface area contributed by atoms with Crippen LogP contribution in [-0.2, 0) is 9.59 Å². The summed E-state index contributed by atoms with van der Waals surface area (Å²) in [5, 5.41) is 2.09. The average molecular weight is 295 g/mol. The van der Waals surface area contributed by atoms with Gasteiger partial charge in [-0.25, -0.2) is 0 Å². The SMILES string of the molecule is NC(=O)CC(NC(=O)C(F)(F)F)c1ccc(Cl)cc1. The van der Waals surface area contributed by atoms with E-state index in [0.717, 1.165) is 0 Å². The fraction of sp³-hybridized carbons (Fsp3) is 0.273. The van der Waals surface area contributed by atoms with Gasteiger partial charge in [0.25, 0.3) is 0 Å². The molecule has 0 saturated heterocycles. The number of halogens is 4. The molecule has 3 N–H and O–H groups in total. The Balaban J connectivity index is 2.92. The van der Waals surface area contributed by atoms with Crippen molar-refractivity contribution in [3.63, 3.8) is 0 Å². The Morgan fingerprint density at radius 1 is 1.26 bits per heavy atom. The number of alkyl halides is 3. The Labute approximate surface area is 111 Å². The van der Waals surface area contributed by atoms with E-state index < -0.39 is 30.5 Å². The van der Waals surface area contributed by atoms with Gasteiger partial charge in [0.1, 0.15) is 0 Å². The number of benzene rings is 1. The van der Waals surface area contributed by atoms with Gasteiger partial charge in [-0.15, -0.1) is 0 Å². The molecule has 0 saturated carbocycles. The zero-order valence-corrected chi connectivity index (χ0v) is 10.3. The van der Waals surface area contributed by atoms with Gasteiger partial charge in [-0.1, -0.05) is 23.7 Å². The summed E-state index contributed by atoms with van der Waals surface area (Å²) in [6, 6.07) is 4.54. The van der Waals surface area contributed by atoms with Gasteiger partial charge < -0.3 is 11.1 Å². The maximum absolute atomic E-state index is 12.2. The standard InChI is InChI=1S/C11H10ClF3N2O2/c12-7-3-1-6(2-4-7)8(5-9(16)18)17-10(19)11(13,14)15/h1-4,8H,5H2,(H2,16,18)(H,17,19). The molecule has 0 aliphatic carbocycles. The Kier molecular flexibility index (Phi) is 4.77. The summed E-state index contributed by atoms with van der Waals surface area (Å²) >= 11 is 5.64. The number of hydrogen-bond acceptors (Lipinski definition) is 2. The van der Waals surface area contributed by atoms with E-state index in [1.54, 1.807) is 5.32 Å². The van der Waals surface area contributed by atoms with Crippen LogP contribution in [0.4, 0.5) is 13.2 Å². The van der Waals surface area contributed by atoms with E-state index in [4.69, 9.17) is 17.3 Å². The molecular formula is C11H10ClF3N2O2. The van der Waals surface area contributed by atoms with E-state index in [2.05, 4.69) is 0 Å². The number of carbonyl (C=O) groups is 2. The summed E-state index contributed by atoms with van der Waals surface area (Å²) in [5.41, 5.74) is 5.25. The molecule has 0 bridgehead atoms. The fourth-order valence-corrected chi connectivity index (χ4v) is 1.51. The molecule has 19 heavy (non-hydrogen) atoms. The van der Waals surface area contributed by atoms with E-state index >= 15 is 0 Å². The molecule has 1 aromatic carbocycles. The fourth-order valence-electron chi connectivity index (χ4n) is 1.39. The Hall–Kier alpha value is -1.76. The van der Waals surface area contributed by atoms with Gasteiger partial charge in [-0.2, -0.15) is 13.2 Å². The second-order valence-electron chi connectivity index (χ2n) is 3.75. The lowest BCUT2D eigenvalue weighted by molar-refractivity contribution is -0.174. The van der Waals surface area contributed by atoms with Crippen LogP contribution in [0.5, 0.6) is 0 Å². The molecule has 8 heteroatoms. The van der Waals surface area contributed by atoms with Gasteiger partial charge in [0, 0.05) is 5.02 Å². The monoisotopic (exact) mass is 294 g/mol. The summed E-state index contributed by atoms with van der Waals surface area (Å²) < 4.78 is 36.5. The van der Waals surface area contributed by atoms with Crippen molar-refractivity contribution in [1.29, 1.82) is 0 Å². The van der Waals surface area contributed by atoms with E-state index in [1.165, 1.54) is 24.3 Å². The van der Waals surface area contributed by atoms with Crippen LogP contribution in [-0.4, -0.2) is 18.0 Å². The first-order valence-corrected chi connectivity index (χ1v) is 5.49. The molecule has 1 rings (SSSR count). The normalized spacial score (nSPS) is 12.8. The first-order valence-electron chi connectivity index (χ1n) is 5.11. The molecule has 0 spiro atoms. The molecule has 1 aromatic rings. The highest BCUT2D eigenvalue weighted by atomic mass is 35.5. The van der Waals surface area contributed by atoms with Crippen LogP contribution in [0.3, 0.4) is 0 Å². The minimum Gasteiger partial charge on any atom is -0.370 e. The third-order valence-corrected chi connectivity index (χ3v) is 2.49. The molecule has 0 aliphatic heterocycles. The minimum absolute atomic E-state index is 0.306. The first kappa shape index (κ1) is 15.3. The molecular weight excluding hydrogens is 285 g/mol. The molecule has 2 amide bonds. The zero-order valence-electron chi connectivity index (χ0n) is 9.50. The van der Waals surface area contributed by atoms with Gasteiger partial charge >= 0.3 is 12.1 Å². The van der Waals surface area contributed by atoms with Gasteiger partial charge in [0.15, 0.2) is 0 Å². The van der Waals surface area contributed by atoms with Crippen molar-refractivity contribution < 1.29 is 22.8 Å². The van der Waals surface area contributed by atoms with E-state index in [0.29, 0.717) is 10.6 Å². The number of primary amides is 1. The smallest absolute Gasteiger partial charge is 0.370 e. The number of carbonyl (C=O) groups excluding carboxylic acids is 2. The summed E-state index contributed by atoms with van der Waals surface area (Å²) in [4.78, 5) is 21.7. The quantitative estimate of drug-likeness (QED) is 0.890.